The lowest BCUT2D eigenvalue weighted by Gasteiger charge is -2.09. The van der Waals surface area contributed by atoms with Gasteiger partial charge >= 0.3 is 0 Å². The minimum Gasteiger partial charge on any atom is -0.366 e. The highest BCUT2D eigenvalue weighted by atomic mass is 16.2. The average Bonchev–Trinajstić information content (AvgIpc) is 2.59. The number of amides is 3. The smallest absolute Gasteiger partial charge is 0.251 e. The van der Waals surface area contributed by atoms with Crippen molar-refractivity contribution in [2.45, 2.75) is 6.92 Å². The van der Waals surface area contributed by atoms with Crippen molar-refractivity contribution < 1.29 is 14.4 Å². The second-order valence-electron chi connectivity index (χ2n) is 5.39. The number of primary amides is 1. The lowest BCUT2D eigenvalue weighted by atomic mass is 10.1. The fraction of sp³-hybridized carbons (Fsp3) is 0.105. The molecule has 25 heavy (non-hydrogen) atoms. The number of nitrogens with two attached hydrogens (primary N) is 1. The molecule has 2 rings (SSSR count). The quantitative estimate of drug-likeness (QED) is 0.728. The molecule has 0 bridgehead atoms. The van der Waals surface area contributed by atoms with Crippen LogP contribution in [0.2, 0.25) is 0 Å². The standard InChI is InChI=1S/C19H19N3O3/c1-12-4-3-5-15(17(12)18(20)24)22-16(23)11-8-13-6-9-14(10-7-13)19(25)21-2/h3-11H,1-2H3,(H2,20,24)(H,21,25)(H,22,23). The van der Waals surface area contributed by atoms with Gasteiger partial charge < -0.3 is 16.4 Å². The van der Waals surface area contributed by atoms with Crippen LogP contribution < -0.4 is 16.4 Å². The number of carbonyl (C=O) groups is 3. The van der Waals surface area contributed by atoms with E-state index < -0.39 is 5.91 Å². The zero-order chi connectivity index (χ0) is 18.4. The highest BCUT2D eigenvalue weighted by molar-refractivity contribution is 6.08. The predicted octanol–water partition coefficient (Wildman–Crippen LogP) is 2.11. The van der Waals surface area contributed by atoms with Crippen LogP contribution in [0.15, 0.2) is 48.5 Å². The van der Waals surface area contributed by atoms with E-state index in [9.17, 15) is 14.4 Å². The largest absolute Gasteiger partial charge is 0.366 e. The van der Waals surface area contributed by atoms with Gasteiger partial charge in [0.15, 0.2) is 0 Å². The van der Waals surface area contributed by atoms with Gasteiger partial charge in [0, 0.05) is 18.7 Å². The van der Waals surface area contributed by atoms with Crippen molar-refractivity contribution in [1.29, 1.82) is 0 Å². The van der Waals surface area contributed by atoms with Gasteiger partial charge in [-0.2, -0.15) is 0 Å². The lowest BCUT2D eigenvalue weighted by Crippen LogP contribution is -2.18. The Labute approximate surface area is 145 Å². The van der Waals surface area contributed by atoms with Crippen molar-refractivity contribution in [1.82, 2.24) is 5.32 Å². The molecule has 0 saturated heterocycles. The minimum absolute atomic E-state index is 0.174. The van der Waals surface area contributed by atoms with Gasteiger partial charge in [-0.05, 0) is 42.3 Å². The Bertz CT molecular complexity index is 839. The topological polar surface area (TPSA) is 101 Å². The van der Waals surface area contributed by atoms with Crippen molar-refractivity contribution in [3.63, 3.8) is 0 Å². The SMILES string of the molecule is CNC(=O)c1ccc(C=CC(=O)Nc2cccc(C)c2C(N)=O)cc1. The first kappa shape index (κ1) is 17.9. The van der Waals surface area contributed by atoms with Crippen LogP contribution in [0.4, 0.5) is 5.69 Å². The van der Waals surface area contributed by atoms with Crippen molar-refractivity contribution >= 4 is 29.5 Å². The molecule has 2 aromatic carbocycles. The van der Waals surface area contributed by atoms with Gasteiger partial charge in [0.1, 0.15) is 0 Å². The van der Waals surface area contributed by atoms with Crippen molar-refractivity contribution in [3.8, 4) is 0 Å². The fourth-order valence-electron chi connectivity index (χ4n) is 2.34. The molecule has 0 aliphatic carbocycles. The lowest BCUT2D eigenvalue weighted by molar-refractivity contribution is -0.111. The van der Waals surface area contributed by atoms with Crippen LogP contribution in [0.3, 0.4) is 0 Å². The third-order valence-corrected chi connectivity index (χ3v) is 3.60. The number of carbonyl (C=O) groups excluding carboxylic acids is 3. The molecule has 4 N–H and O–H groups in total. The molecule has 0 fully saturated rings. The molecule has 0 unspecified atom stereocenters. The number of rotatable bonds is 5. The molecular weight excluding hydrogens is 318 g/mol. The van der Waals surface area contributed by atoms with Gasteiger partial charge in [0.05, 0.1) is 11.3 Å². The predicted molar refractivity (Wildman–Crippen MR) is 97.2 cm³/mol. The summed E-state index contributed by atoms with van der Waals surface area (Å²) in [6, 6.07) is 11.9. The van der Waals surface area contributed by atoms with Crippen molar-refractivity contribution in [2.24, 2.45) is 5.73 Å². The van der Waals surface area contributed by atoms with Gasteiger partial charge in [0.2, 0.25) is 5.91 Å². The van der Waals surface area contributed by atoms with Crippen LogP contribution >= 0.6 is 0 Å². The van der Waals surface area contributed by atoms with Gasteiger partial charge in [-0.25, -0.2) is 0 Å². The first-order chi connectivity index (χ1) is 11.9. The summed E-state index contributed by atoms with van der Waals surface area (Å²) in [6.45, 7) is 1.75. The first-order valence-corrected chi connectivity index (χ1v) is 7.63. The fourth-order valence-corrected chi connectivity index (χ4v) is 2.34. The highest BCUT2D eigenvalue weighted by Gasteiger charge is 2.12. The first-order valence-electron chi connectivity index (χ1n) is 7.63. The Hall–Kier alpha value is -3.41. The molecule has 2 aromatic rings. The third kappa shape index (κ3) is 4.54. The normalized spacial score (nSPS) is 10.5. The molecule has 6 nitrogen and oxygen atoms in total. The number of hydrogen-bond acceptors (Lipinski definition) is 3. The second-order valence-corrected chi connectivity index (χ2v) is 5.39. The maximum Gasteiger partial charge on any atom is 0.251 e. The molecule has 0 heterocycles. The Morgan fingerprint density at radius 1 is 1.04 bits per heavy atom. The number of nitrogens with one attached hydrogen (secondary N) is 2. The van der Waals surface area contributed by atoms with Crippen LogP contribution in [-0.2, 0) is 4.79 Å². The number of benzene rings is 2. The monoisotopic (exact) mass is 337 g/mol. The van der Waals surface area contributed by atoms with Gasteiger partial charge in [-0.15, -0.1) is 0 Å². The Kier molecular flexibility index (Phi) is 5.68. The summed E-state index contributed by atoms with van der Waals surface area (Å²) in [4.78, 5) is 35.1. The van der Waals surface area contributed by atoms with E-state index in [0.29, 0.717) is 22.4 Å². The minimum atomic E-state index is -0.595. The zero-order valence-corrected chi connectivity index (χ0v) is 14.0. The third-order valence-electron chi connectivity index (χ3n) is 3.60. The number of hydrogen-bond donors (Lipinski definition) is 3. The molecule has 0 aromatic heterocycles. The molecule has 0 aliphatic rings. The van der Waals surface area contributed by atoms with E-state index in [4.69, 9.17) is 5.73 Å². The molecule has 3 amide bonds. The Balaban J connectivity index is 2.10. The summed E-state index contributed by atoms with van der Waals surface area (Å²) < 4.78 is 0. The molecule has 0 saturated carbocycles. The van der Waals surface area contributed by atoms with E-state index in [1.807, 2.05) is 0 Å². The van der Waals surface area contributed by atoms with Crippen LogP contribution in [0, 0.1) is 6.92 Å². The molecule has 0 atom stereocenters. The summed E-state index contributed by atoms with van der Waals surface area (Å²) in [5.41, 5.74) is 8.02. The Morgan fingerprint density at radius 3 is 2.32 bits per heavy atom. The molecular formula is C19H19N3O3. The van der Waals surface area contributed by atoms with Crippen LogP contribution in [0.25, 0.3) is 6.08 Å². The van der Waals surface area contributed by atoms with E-state index >= 15 is 0 Å². The summed E-state index contributed by atoms with van der Waals surface area (Å²) >= 11 is 0. The molecule has 0 radical (unpaired) electrons. The molecule has 6 heteroatoms. The van der Waals surface area contributed by atoms with E-state index in [2.05, 4.69) is 10.6 Å². The van der Waals surface area contributed by atoms with E-state index in [1.165, 1.54) is 6.08 Å². The van der Waals surface area contributed by atoms with Crippen molar-refractivity contribution in [3.05, 3.63) is 70.8 Å². The van der Waals surface area contributed by atoms with Gasteiger partial charge in [0.25, 0.3) is 11.8 Å². The molecule has 128 valence electrons. The highest BCUT2D eigenvalue weighted by Crippen LogP contribution is 2.19. The maximum absolute atomic E-state index is 12.1. The van der Waals surface area contributed by atoms with Crippen molar-refractivity contribution in [2.75, 3.05) is 12.4 Å². The van der Waals surface area contributed by atoms with E-state index in [1.54, 1.807) is 62.5 Å². The average molecular weight is 337 g/mol. The van der Waals surface area contributed by atoms with Crippen LogP contribution in [-0.4, -0.2) is 24.8 Å². The van der Waals surface area contributed by atoms with E-state index in [-0.39, 0.29) is 11.8 Å². The molecule has 0 aliphatic heterocycles. The van der Waals surface area contributed by atoms with Gasteiger partial charge in [-0.3, -0.25) is 14.4 Å². The van der Waals surface area contributed by atoms with Gasteiger partial charge in [-0.1, -0.05) is 24.3 Å². The summed E-state index contributed by atoms with van der Waals surface area (Å²) in [6.07, 6.45) is 2.96. The Morgan fingerprint density at radius 2 is 1.72 bits per heavy atom. The number of aryl methyl sites for hydroxylation is 1. The molecule has 0 spiro atoms. The summed E-state index contributed by atoms with van der Waals surface area (Å²) in [5, 5.41) is 5.19. The summed E-state index contributed by atoms with van der Waals surface area (Å²) in [7, 11) is 1.56. The summed E-state index contributed by atoms with van der Waals surface area (Å²) in [5.74, 6) is -1.16. The van der Waals surface area contributed by atoms with Crippen LogP contribution in [0.1, 0.15) is 31.8 Å². The zero-order valence-electron chi connectivity index (χ0n) is 14.0. The number of anilines is 1. The maximum atomic E-state index is 12.1. The van der Waals surface area contributed by atoms with E-state index in [0.717, 1.165) is 5.56 Å². The van der Waals surface area contributed by atoms with Crippen LogP contribution in [0.5, 0.6) is 0 Å². The second kappa shape index (κ2) is 7.92.